The monoisotopic (exact) mass is 509 g/mol. The zero-order chi connectivity index (χ0) is 26.6. The molecule has 192 valence electrons. The summed E-state index contributed by atoms with van der Waals surface area (Å²) < 4.78 is 84.1. The first-order chi connectivity index (χ1) is 16.1. The van der Waals surface area contributed by atoms with Crippen LogP contribution in [-0.4, -0.2) is 46.7 Å². The van der Waals surface area contributed by atoms with Gasteiger partial charge in [-0.05, 0) is 25.1 Å². The number of nitrogens with zero attached hydrogens (tertiary/aromatic N) is 2. The minimum absolute atomic E-state index is 0.0391. The molecule has 15 heteroatoms. The number of amides is 3. The normalized spacial score (nSPS) is 13.5. The van der Waals surface area contributed by atoms with Crippen LogP contribution in [0.15, 0.2) is 30.7 Å². The maximum atomic E-state index is 13.0. The fourth-order valence-electron chi connectivity index (χ4n) is 2.87. The molecule has 0 spiro atoms. The van der Waals surface area contributed by atoms with Crippen LogP contribution in [0.2, 0.25) is 0 Å². The molecule has 0 saturated carbocycles. The standard InChI is InChI=1S/C20H21F6N5O4/c1-10(16(32)30-15(17(33)35-3)7-14-8-31(2)9-27-14)28-18(34)29-13-5-11(19(21,22)23)4-12(6-13)20(24,25)26/h4-6,8-10,15H,7H2,1-3H3,(H,30,32)(H2,28,29,34)/t10-,15-/m0/s1. The van der Waals surface area contributed by atoms with Gasteiger partial charge in [-0.15, -0.1) is 0 Å². The number of anilines is 1. The Morgan fingerprint density at radius 2 is 1.60 bits per heavy atom. The number of hydrogen-bond donors (Lipinski definition) is 3. The van der Waals surface area contributed by atoms with Gasteiger partial charge in [0, 0.05) is 25.4 Å². The van der Waals surface area contributed by atoms with E-state index in [9.17, 15) is 40.7 Å². The van der Waals surface area contributed by atoms with Gasteiger partial charge in [0.2, 0.25) is 5.91 Å². The van der Waals surface area contributed by atoms with E-state index in [0.29, 0.717) is 17.8 Å². The number of alkyl halides is 6. The number of hydrogen-bond acceptors (Lipinski definition) is 5. The zero-order valence-electron chi connectivity index (χ0n) is 18.5. The zero-order valence-corrected chi connectivity index (χ0v) is 18.5. The number of esters is 1. The molecule has 2 aromatic rings. The molecular formula is C20H21F6N5O4. The summed E-state index contributed by atoms with van der Waals surface area (Å²) in [6, 6.07) is -3.21. The van der Waals surface area contributed by atoms with Crippen LogP contribution in [0, 0.1) is 0 Å². The number of methoxy groups -OCH3 is 1. The number of carbonyl (C=O) groups is 3. The van der Waals surface area contributed by atoms with Gasteiger partial charge in [0.1, 0.15) is 12.1 Å². The maximum absolute atomic E-state index is 13.0. The van der Waals surface area contributed by atoms with E-state index < -0.39 is 59.2 Å². The quantitative estimate of drug-likeness (QED) is 0.393. The second-order valence-corrected chi connectivity index (χ2v) is 7.43. The lowest BCUT2D eigenvalue weighted by Gasteiger charge is -2.20. The molecule has 2 rings (SSSR count). The Morgan fingerprint density at radius 3 is 2.06 bits per heavy atom. The van der Waals surface area contributed by atoms with Gasteiger partial charge in [-0.3, -0.25) is 4.79 Å². The second kappa shape index (κ2) is 10.7. The molecule has 0 radical (unpaired) electrons. The van der Waals surface area contributed by atoms with Gasteiger partial charge in [-0.2, -0.15) is 26.3 Å². The van der Waals surface area contributed by atoms with Crippen LogP contribution < -0.4 is 16.0 Å². The Hall–Kier alpha value is -3.78. The Labute approximate surface area is 194 Å². The van der Waals surface area contributed by atoms with Crippen LogP contribution in [0.25, 0.3) is 0 Å². The summed E-state index contributed by atoms with van der Waals surface area (Å²) >= 11 is 0. The summed E-state index contributed by atoms with van der Waals surface area (Å²) in [6.07, 6.45) is -7.17. The molecule has 0 unspecified atom stereocenters. The van der Waals surface area contributed by atoms with E-state index in [2.05, 4.69) is 20.4 Å². The number of urea groups is 1. The largest absolute Gasteiger partial charge is 0.467 e. The predicted octanol–water partition coefficient (Wildman–Crippen LogP) is 2.87. The molecule has 2 atom stereocenters. The van der Waals surface area contributed by atoms with E-state index in [-0.39, 0.29) is 12.5 Å². The van der Waals surface area contributed by atoms with Gasteiger partial charge in [-0.25, -0.2) is 14.6 Å². The number of halogens is 6. The number of imidazole rings is 1. The highest BCUT2D eigenvalue weighted by molar-refractivity contribution is 5.94. The lowest BCUT2D eigenvalue weighted by molar-refractivity contribution is -0.145. The van der Waals surface area contributed by atoms with Crippen LogP contribution >= 0.6 is 0 Å². The molecule has 9 nitrogen and oxygen atoms in total. The highest BCUT2D eigenvalue weighted by Crippen LogP contribution is 2.37. The van der Waals surface area contributed by atoms with E-state index >= 15 is 0 Å². The number of nitrogens with one attached hydrogen (secondary N) is 3. The van der Waals surface area contributed by atoms with Crippen molar-refractivity contribution in [3.63, 3.8) is 0 Å². The summed E-state index contributed by atoms with van der Waals surface area (Å²) in [4.78, 5) is 40.6. The molecular weight excluding hydrogens is 488 g/mol. The first-order valence-corrected chi connectivity index (χ1v) is 9.82. The molecule has 3 amide bonds. The lowest BCUT2D eigenvalue weighted by atomic mass is 10.1. The van der Waals surface area contributed by atoms with Crippen molar-refractivity contribution in [3.8, 4) is 0 Å². The molecule has 0 saturated heterocycles. The molecule has 0 aliphatic rings. The number of carbonyl (C=O) groups excluding carboxylic acids is 3. The van der Waals surface area contributed by atoms with Crippen LogP contribution in [-0.2, 0) is 40.1 Å². The van der Waals surface area contributed by atoms with Crippen LogP contribution in [0.3, 0.4) is 0 Å². The number of rotatable bonds is 7. The van der Waals surface area contributed by atoms with Crippen LogP contribution in [0.1, 0.15) is 23.7 Å². The fourth-order valence-corrected chi connectivity index (χ4v) is 2.87. The Morgan fingerprint density at radius 1 is 1.03 bits per heavy atom. The summed E-state index contributed by atoms with van der Waals surface area (Å²) in [5, 5.41) is 6.28. The van der Waals surface area contributed by atoms with Crippen LogP contribution in [0.5, 0.6) is 0 Å². The number of benzene rings is 1. The number of aromatic nitrogens is 2. The minimum Gasteiger partial charge on any atom is -0.467 e. The second-order valence-electron chi connectivity index (χ2n) is 7.43. The molecule has 3 N–H and O–H groups in total. The van der Waals surface area contributed by atoms with Crippen molar-refractivity contribution in [2.75, 3.05) is 12.4 Å². The van der Waals surface area contributed by atoms with E-state index in [1.807, 2.05) is 5.32 Å². The predicted molar refractivity (Wildman–Crippen MR) is 109 cm³/mol. The summed E-state index contributed by atoms with van der Waals surface area (Å²) in [5.74, 6) is -1.67. The van der Waals surface area contributed by atoms with Crippen LogP contribution in [0.4, 0.5) is 36.8 Å². The average Bonchev–Trinajstić information content (AvgIpc) is 3.15. The van der Waals surface area contributed by atoms with Crippen molar-refractivity contribution in [1.29, 1.82) is 0 Å². The van der Waals surface area contributed by atoms with Gasteiger partial charge in [0.15, 0.2) is 0 Å². The smallest absolute Gasteiger partial charge is 0.416 e. The molecule has 0 aliphatic heterocycles. The van der Waals surface area contributed by atoms with Gasteiger partial charge in [0.25, 0.3) is 0 Å². The van der Waals surface area contributed by atoms with Gasteiger partial charge in [0.05, 0.1) is 30.3 Å². The van der Waals surface area contributed by atoms with Crippen molar-refractivity contribution in [1.82, 2.24) is 20.2 Å². The first-order valence-electron chi connectivity index (χ1n) is 9.82. The van der Waals surface area contributed by atoms with E-state index in [0.717, 1.165) is 7.11 Å². The topological polar surface area (TPSA) is 114 Å². The molecule has 35 heavy (non-hydrogen) atoms. The average molecular weight is 509 g/mol. The third-order valence-corrected chi connectivity index (χ3v) is 4.56. The van der Waals surface area contributed by atoms with E-state index in [4.69, 9.17) is 0 Å². The van der Waals surface area contributed by atoms with Crippen molar-refractivity contribution in [2.45, 2.75) is 37.8 Å². The Balaban J connectivity index is 2.09. The maximum Gasteiger partial charge on any atom is 0.416 e. The molecule has 0 fully saturated rings. The Kier molecular flexibility index (Phi) is 8.36. The highest BCUT2D eigenvalue weighted by Gasteiger charge is 2.37. The van der Waals surface area contributed by atoms with Crippen molar-refractivity contribution in [3.05, 3.63) is 47.5 Å². The lowest BCUT2D eigenvalue weighted by Crippen LogP contribution is -2.52. The van der Waals surface area contributed by atoms with Crippen molar-refractivity contribution < 1.29 is 45.5 Å². The number of ether oxygens (including phenoxy) is 1. The Bertz CT molecular complexity index is 1050. The molecule has 0 bridgehead atoms. The first kappa shape index (κ1) is 27.5. The molecule has 1 aromatic heterocycles. The third kappa shape index (κ3) is 7.89. The van der Waals surface area contributed by atoms with E-state index in [1.165, 1.54) is 13.3 Å². The number of aryl methyl sites for hydroxylation is 1. The highest BCUT2D eigenvalue weighted by atomic mass is 19.4. The van der Waals surface area contributed by atoms with Crippen molar-refractivity contribution in [2.24, 2.45) is 7.05 Å². The summed E-state index contributed by atoms with van der Waals surface area (Å²) in [6.45, 7) is 1.19. The SMILES string of the molecule is COC(=O)[C@H](Cc1cn(C)cn1)NC(=O)[C@H](C)NC(=O)Nc1cc(C(F)(F)F)cc(C(F)(F)F)c1. The van der Waals surface area contributed by atoms with E-state index in [1.54, 1.807) is 17.8 Å². The third-order valence-electron chi connectivity index (χ3n) is 4.56. The summed E-state index contributed by atoms with van der Waals surface area (Å²) in [7, 11) is 2.79. The van der Waals surface area contributed by atoms with Gasteiger partial charge >= 0.3 is 24.4 Å². The minimum atomic E-state index is -5.10. The molecule has 1 heterocycles. The molecule has 1 aromatic carbocycles. The van der Waals surface area contributed by atoms with Gasteiger partial charge < -0.3 is 25.3 Å². The summed E-state index contributed by atoms with van der Waals surface area (Å²) in [5.41, 5.74) is -3.58. The fraction of sp³-hybridized carbons (Fsp3) is 0.400. The van der Waals surface area contributed by atoms with Gasteiger partial charge in [-0.1, -0.05) is 0 Å². The van der Waals surface area contributed by atoms with Crippen molar-refractivity contribution >= 4 is 23.6 Å². The molecule has 0 aliphatic carbocycles.